The van der Waals surface area contributed by atoms with Gasteiger partial charge in [-0.1, -0.05) is 29.4 Å². The van der Waals surface area contributed by atoms with Crippen LogP contribution in [0.1, 0.15) is 11.1 Å². The van der Waals surface area contributed by atoms with E-state index in [2.05, 4.69) is 16.8 Å². The Morgan fingerprint density at radius 3 is 2.68 bits per heavy atom. The van der Waals surface area contributed by atoms with Crippen molar-refractivity contribution >= 4 is 35.0 Å². The number of hydrogen-bond donors (Lipinski definition) is 0. The standard InChI is InChI=1S/C20H23ClN4O2S/c1-13-3-4-16(21)9-17(13)23-5-7-24(8-6-23)19(27)15-11-25-18(26)14(2)10-22-20(25)28-12-15/h3-4,9-10,15H,5-8,11-12H2,1-2H3. The molecule has 0 bridgehead atoms. The highest BCUT2D eigenvalue weighted by Crippen LogP contribution is 2.28. The Bertz CT molecular complexity index is 969. The predicted molar refractivity (Wildman–Crippen MR) is 112 cm³/mol. The van der Waals surface area contributed by atoms with E-state index in [1.807, 2.05) is 23.1 Å². The second-order valence-corrected chi connectivity index (χ2v) is 8.81. The molecular formula is C20H23ClN4O2S. The molecule has 8 heteroatoms. The molecule has 0 saturated carbocycles. The van der Waals surface area contributed by atoms with Crippen LogP contribution in [0.3, 0.4) is 0 Å². The first-order valence-electron chi connectivity index (χ1n) is 9.43. The van der Waals surface area contributed by atoms with Crippen molar-refractivity contribution < 1.29 is 4.79 Å². The Kier molecular flexibility index (Phi) is 5.38. The fourth-order valence-electron chi connectivity index (χ4n) is 3.80. The van der Waals surface area contributed by atoms with Gasteiger partial charge in [0.25, 0.3) is 5.56 Å². The SMILES string of the molecule is Cc1ccc(Cl)cc1N1CCN(C(=O)C2CSc3ncc(C)c(=O)n3C2)CC1. The van der Waals surface area contributed by atoms with E-state index in [0.29, 0.717) is 36.1 Å². The number of piperazine rings is 1. The third kappa shape index (κ3) is 3.65. The first kappa shape index (κ1) is 19.3. The molecule has 1 aromatic carbocycles. The molecule has 6 nitrogen and oxygen atoms in total. The van der Waals surface area contributed by atoms with E-state index in [1.165, 1.54) is 17.3 Å². The lowest BCUT2D eigenvalue weighted by molar-refractivity contribution is -0.135. The fourth-order valence-corrected chi connectivity index (χ4v) is 5.00. The van der Waals surface area contributed by atoms with Crippen molar-refractivity contribution in [3.63, 3.8) is 0 Å². The zero-order valence-electron chi connectivity index (χ0n) is 16.0. The molecule has 4 rings (SSSR count). The lowest BCUT2D eigenvalue weighted by Crippen LogP contribution is -2.52. The number of fused-ring (bicyclic) bond motifs is 1. The number of benzene rings is 1. The number of anilines is 1. The van der Waals surface area contributed by atoms with Crippen molar-refractivity contribution in [2.75, 3.05) is 36.8 Å². The summed E-state index contributed by atoms with van der Waals surface area (Å²) >= 11 is 7.65. The van der Waals surface area contributed by atoms with Gasteiger partial charge in [-0.15, -0.1) is 0 Å². The van der Waals surface area contributed by atoms with Gasteiger partial charge >= 0.3 is 0 Å². The highest BCUT2D eigenvalue weighted by molar-refractivity contribution is 7.99. The van der Waals surface area contributed by atoms with Crippen molar-refractivity contribution in [3.05, 3.63) is 50.9 Å². The average molecular weight is 419 g/mol. The first-order chi connectivity index (χ1) is 13.4. The Labute approximate surface area is 173 Å². The summed E-state index contributed by atoms with van der Waals surface area (Å²) in [5.41, 5.74) is 2.89. The number of carbonyl (C=O) groups is 1. The molecule has 0 N–H and O–H groups in total. The van der Waals surface area contributed by atoms with Crippen LogP contribution in [-0.4, -0.2) is 52.3 Å². The summed E-state index contributed by atoms with van der Waals surface area (Å²) in [5.74, 6) is 0.620. The van der Waals surface area contributed by atoms with E-state index in [0.717, 1.165) is 23.8 Å². The smallest absolute Gasteiger partial charge is 0.257 e. The van der Waals surface area contributed by atoms with Crippen LogP contribution < -0.4 is 10.5 Å². The number of hydrogen-bond acceptors (Lipinski definition) is 5. The molecule has 2 aliphatic rings. The molecule has 1 unspecified atom stereocenters. The summed E-state index contributed by atoms with van der Waals surface area (Å²) < 4.78 is 1.65. The molecule has 1 aromatic heterocycles. The van der Waals surface area contributed by atoms with E-state index in [-0.39, 0.29) is 17.4 Å². The fraction of sp³-hybridized carbons (Fsp3) is 0.450. The summed E-state index contributed by atoms with van der Waals surface area (Å²) in [6, 6.07) is 5.92. The van der Waals surface area contributed by atoms with Crippen LogP contribution in [0.4, 0.5) is 5.69 Å². The zero-order valence-corrected chi connectivity index (χ0v) is 17.6. The van der Waals surface area contributed by atoms with E-state index in [9.17, 15) is 9.59 Å². The first-order valence-corrected chi connectivity index (χ1v) is 10.8. The Hall–Kier alpha value is -1.99. The van der Waals surface area contributed by atoms with Crippen molar-refractivity contribution in [2.45, 2.75) is 25.5 Å². The maximum atomic E-state index is 13.1. The van der Waals surface area contributed by atoms with Crippen LogP contribution >= 0.6 is 23.4 Å². The molecule has 148 valence electrons. The van der Waals surface area contributed by atoms with Crippen molar-refractivity contribution in [1.82, 2.24) is 14.5 Å². The Morgan fingerprint density at radius 2 is 1.93 bits per heavy atom. The molecule has 28 heavy (non-hydrogen) atoms. The quantitative estimate of drug-likeness (QED) is 0.701. The van der Waals surface area contributed by atoms with Crippen LogP contribution in [0, 0.1) is 19.8 Å². The molecule has 3 heterocycles. The summed E-state index contributed by atoms with van der Waals surface area (Å²) in [6.45, 7) is 7.18. The van der Waals surface area contributed by atoms with Gasteiger partial charge in [0, 0.05) is 60.9 Å². The number of halogens is 1. The number of thioether (sulfide) groups is 1. The molecule has 2 aromatic rings. The molecule has 0 aliphatic carbocycles. The molecule has 1 atom stereocenters. The Balaban J connectivity index is 1.43. The highest BCUT2D eigenvalue weighted by Gasteiger charge is 2.32. The van der Waals surface area contributed by atoms with Gasteiger partial charge < -0.3 is 9.80 Å². The number of aromatic nitrogens is 2. The lowest BCUT2D eigenvalue weighted by Gasteiger charge is -2.38. The van der Waals surface area contributed by atoms with E-state index in [1.54, 1.807) is 17.7 Å². The molecule has 1 amide bonds. The van der Waals surface area contributed by atoms with Gasteiger partial charge in [-0.05, 0) is 31.5 Å². The van der Waals surface area contributed by atoms with Crippen LogP contribution in [0.25, 0.3) is 0 Å². The minimum Gasteiger partial charge on any atom is -0.368 e. The monoisotopic (exact) mass is 418 g/mol. The van der Waals surface area contributed by atoms with Gasteiger partial charge in [-0.3, -0.25) is 14.2 Å². The van der Waals surface area contributed by atoms with E-state index < -0.39 is 0 Å². The zero-order chi connectivity index (χ0) is 19.8. The lowest BCUT2D eigenvalue weighted by atomic mass is 10.1. The van der Waals surface area contributed by atoms with Gasteiger partial charge in [0.05, 0.1) is 5.92 Å². The third-order valence-corrected chi connectivity index (χ3v) is 6.84. The van der Waals surface area contributed by atoms with Gasteiger partial charge in [0.15, 0.2) is 5.16 Å². The molecule has 2 aliphatic heterocycles. The predicted octanol–water partition coefficient (Wildman–Crippen LogP) is 2.58. The molecule has 0 radical (unpaired) electrons. The van der Waals surface area contributed by atoms with E-state index >= 15 is 0 Å². The van der Waals surface area contributed by atoms with Crippen molar-refractivity contribution in [1.29, 1.82) is 0 Å². The number of carbonyl (C=O) groups excluding carboxylic acids is 1. The molecular weight excluding hydrogens is 396 g/mol. The van der Waals surface area contributed by atoms with Crippen LogP contribution in [0.15, 0.2) is 34.3 Å². The molecule has 1 saturated heterocycles. The number of aryl methyl sites for hydroxylation is 2. The largest absolute Gasteiger partial charge is 0.368 e. The number of nitrogens with zero attached hydrogens (tertiary/aromatic N) is 4. The molecule has 0 spiro atoms. The second kappa shape index (κ2) is 7.79. The Morgan fingerprint density at radius 1 is 1.18 bits per heavy atom. The maximum absolute atomic E-state index is 13.1. The summed E-state index contributed by atoms with van der Waals surface area (Å²) in [7, 11) is 0. The summed E-state index contributed by atoms with van der Waals surface area (Å²) in [5, 5.41) is 1.44. The highest BCUT2D eigenvalue weighted by atomic mass is 35.5. The summed E-state index contributed by atoms with van der Waals surface area (Å²) in [4.78, 5) is 34.0. The minimum absolute atomic E-state index is 0.0451. The minimum atomic E-state index is -0.182. The van der Waals surface area contributed by atoms with Crippen LogP contribution in [0.2, 0.25) is 5.02 Å². The van der Waals surface area contributed by atoms with Gasteiger partial charge in [-0.25, -0.2) is 4.98 Å². The summed E-state index contributed by atoms with van der Waals surface area (Å²) in [6.07, 6.45) is 1.61. The second-order valence-electron chi connectivity index (χ2n) is 7.39. The van der Waals surface area contributed by atoms with Crippen molar-refractivity contribution in [2.24, 2.45) is 5.92 Å². The third-order valence-electron chi connectivity index (χ3n) is 5.45. The van der Waals surface area contributed by atoms with E-state index in [4.69, 9.17) is 11.6 Å². The number of rotatable bonds is 2. The van der Waals surface area contributed by atoms with Crippen molar-refractivity contribution in [3.8, 4) is 0 Å². The van der Waals surface area contributed by atoms with Gasteiger partial charge in [-0.2, -0.15) is 0 Å². The van der Waals surface area contributed by atoms with Crippen LogP contribution in [0.5, 0.6) is 0 Å². The van der Waals surface area contributed by atoms with Gasteiger partial charge in [0.2, 0.25) is 5.91 Å². The van der Waals surface area contributed by atoms with Crippen LogP contribution in [-0.2, 0) is 11.3 Å². The molecule has 1 fully saturated rings. The average Bonchev–Trinajstić information content (AvgIpc) is 2.72. The normalized spacial score (nSPS) is 19.5. The maximum Gasteiger partial charge on any atom is 0.257 e. The van der Waals surface area contributed by atoms with Gasteiger partial charge in [0.1, 0.15) is 0 Å². The topological polar surface area (TPSA) is 58.4 Å². The number of amides is 1.